The van der Waals surface area contributed by atoms with E-state index in [-0.39, 0.29) is 18.0 Å². The molecule has 0 atom stereocenters. The highest BCUT2D eigenvalue weighted by atomic mass is 32.1. The van der Waals surface area contributed by atoms with Gasteiger partial charge in [-0.2, -0.15) is 0 Å². The van der Waals surface area contributed by atoms with Crippen molar-refractivity contribution in [3.63, 3.8) is 0 Å². The second-order valence-electron chi connectivity index (χ2n) is 4.81. The summed E-state index contributed by atoms with van der Waals surface area (Å²) < 4.78 is 1.34. The van der Waals surface area contributed by atoms with E-state index in [0.29, 0.717) is 11.0 Å². The maximum atomic E-state index is 11.8. The fourth-order valence-corrected chi connectivity index (χ4v) is 2.61. The van der Waals surface area contributed by atoms with Crippen LogP contribution in [0.5, 0.6) is 0 Å². The summed E-state index contributed by atoms with van der Waals surface area (Å²) in [4.78, 5) is 23.3. The van der Waals surface area contributed by atoms with E-state index < -0.39 is 0 Å². The summed E-state index contributed by atoms with van der Waals surface area (Å²) in [6.45, 7) is 4.17. The zero-order chi connectivity index (χ0) is 14.5. The molecule has 0 aliphatic carbocycles. The van der Waals surface area contributed by atoms with Crippen LogP contribution in [0.4, 0.5) is 5.13 Å². The minimum absolute atomic E-state index is 0.0290. The highest BCUT2D eigenvalue weighted by molar-refractivity contribution is 7.15. The van der Waals surface area contributed by atoms with Crippen molar-refractivity contribution in [1.82, 2.24) is 14.8 Å². The SMILES string of the molecule is CC(C)Cc1nnc(NC(=O)Cn2ccccc2=O)s1. The normalized spacial score (nSPS) is 10.8. The molecule has 6 nitrogen and oxygen atoms in total. The summed E-state index contributed by atoms with van der Waals surface area (Å²) in [5.74, 6) is 0.208. The molecule has 20 heavy (non-hydrogen) atoms. The number of nitrogens with one attached hydrogen (secondary N) is 1. The minimum atomic E-state index is -0.287. The molecule has 0 bridgehead atoms. The molecule has 0 unspecified atom stereocenters. The molecule has 2 heterocycles. The average Bonchev–Trinajstić information content (AvgIpc) is 2.78. The smallest absolute Gasteiger partial charge is 0.250 e. The highest BCUT2D eigenvalue weighted by Crippen LogP contribution is 2.18. The molecule has 0 radical (unpaired) electrons. The Hall–Kier alpha value is -2.02. The fourth-order valence-electron chi connectivity index (χ4n) is 1.64. The largest absolute Gasteiger partial charge is 0.306 e. The van der Waals surface area contributed by atoms with Gasteiger partial charge in [0.15, 0.2) is 0 Å². The van der Waals surface area contributed by atoms with Crippen molar-refractivity contribution in [2.24, 2.45) is 5.92 Å². The molecule has 0 aromatic carbocycles. The van der Waals surface area contributed by atoms with E-state index in [1.165, 1.54) is 22.0 Å². The predicted octanol–water partition coefficient (Wildman–Crippen LogP) is 1.54. The summed E-state index contributed by atoms with van der Waals surface area (Å²) in [6.07, 6.45) is 2.41. The van der Waals surface area contributed by atoms with Gasteiger partial charge in [-0.05, 0) is 12.0 Å². The van der Waals surface area contributed by atoms with E-state index in [4.69, 9.17) is 0 Å². The van der Waals surface area contributed by atoms with E-state index in [2.05, 4.69) is 29.4 Å². The number of rotatable bonds is 5. The number of anilines is 1. The molecule has 2 aromatic rings. The lowest BCUT2D eigenvalue weighted by molar-refractivity contribution is -0.116. The van der Waals surface area contributed by atoms with Gasteiger partial charge in [0.1, 0.15) is 11.6 Å². The first-order valence-corrected chi connectivity index (χ1v) is 7.14. The molecule has 1 amide bonds. The number of pyridine rings is 1. The minimum Gasteiger partial charge on any atom is -0.306 e. The predicted molar refractivity (Wildman–Crippen MR) is 77.8 cm³/mol. The van der Waals surface area contributed by atoms with E-state index in [0.717, 1.165) is 11.4 Å². The molecule has 1 N–H and O–H groups in total. The van der Waals surface area contributed by atoms with Crippen molar-refractivity contribution in [2.75, 3.05) is 5.32 Å². The van der Waals surface area contributed by atoms with Gasteiger partial charge in [-0.25, -0.2) is 0 Å². The van der Waals surface area contributed by atoms with Crippen LogP contribution in [-0.2, 0) is 17.8 Å². The van der Waals surface area contributed by atoms with Gasteiger partial charge in [0.25, 0.3) is 5.56 Å². The van der Waals surface area contributed by atoms with Gasteiger partial charge in [-0.15, -0.1) is 10.2 Å². The molecule has 7 heteroatoms. The van der Waals surface area contributed by atoms with E-state index in [9.17, 15) is 9.59 Å². The van der Waals surface area contributed by atoms with E-state index in [1.54, 1.807) is 18.3 Å². The Labute approximate surface area is 120 Å². The van der Waals surface area contributed by atoms with Gasteiger partial charge >= 0.3 is 0 Å². The Morgan fingerprint density at radius 3 is 2.90 bits per heavy atom. The molecule has 0 saturated heterocycles. The van der Waals surface area contributed by atoms with Crippen LogP contribution in [0.15, 0.2) is 29.2 Å². The van der Waals surface area contributed by atoms with Crippen LogP contribution < -0.4 is 10.9 Å². The first-order chi connectivity index (χ1) is 9.54. The topological polar surface area (TPSA) is 76.9 Å². The fraction of sp³-hybridized carbons (Fsp3) is 0.385. The van der Waals surface area contributed by atoms with Crippen LogP contribution in [0.25, 0.3) is 0 Å². The lowest BCUT2D eigenvalue weighted by Gasteiger charge is -2.03. The van der Waals surface area contributed by atoms with Crippen LogP contribution in [0.1, 0.15) is 18.9 Å². The van der Waals surface area contributed by atoms with Crippen molar-refractivity contribution in [3.05, 3.63) is 39.8 Å². The Morgan fingerprint density at radius 1 is 1.40 bits per heavy atom. The van der Waals surface area contributed by atoms with Gasteiger partial charge in [0, 0.05) is 18.7 Å². The molecule has 0 aliphatic heterocycles. The van der Waals surface area contributed by atoms with Crippen molar-refractivity contribution in [1.29, 1.82) is 0 Å². The number of carbonyl (C=O) groups is 1. The number of carbonyl (C=O) groups excluding carboxylic acids is 1. The van der Waals surface area contributed by atoms with Gasteiger partial charge in [0.2, 0.25) is 11.0 Å². The summed E-state index contributed by atoms with van der Waals surface area (Å²) >= 11 is 1.36. The number of hydrogen-bond donors (Lipinski definition) is 1. The maximum Gasteiger partial charge on any atom is 0.250 e. The second-order valence-corrected chi connectivity index (χ2v) is 5.88. The third kappa shape index (κ3) is 3.99. The van der Waals surface area contributed by atoms with Gasteiger partial charge in [0.05, 0.1) is 0 Å². The molecule has 2 rings (SSSR count). The number of nitrogens with zero attached hydrogens (tertiary/aromatic N) is 3. The number of hydrogen-bond acceptors (Lipinski definition) is 5. The zero-order valence-corrected chi connectivity index (χ0v) is 12.2. The average molecular weight is 292 g/mol. The Balaban J connectivity index is 1.96. The maximum absolute atomic E-state index is 11.8. The molecule has 0 spiro atoms. The van der Waals surface area contributed by atoms with Crippen LogP contribution in [0, 0.1) is 5.92 Å². The standard InChI is InChI=1S/C13H16N4O2S/c1-9(2)7-11-15-16-13(20-11)14-10(18)8-17-6-4-3-5-12(17)19/h3-6,9H,7-8H2,1-2H3,(H,14,16,18). The van der Waals surface area contributed by atoms with Gasteiger partial charge in [-0.3, -0.25) is 14.9 Å². The first kappa shape index (κ1) is 14.4. The van der Waals surface area contributed by atoms with Crippen LogP contribution in [0.3, 0.4) is 0 Å². The summed E-state index contributed by atoms with van der Waals surface area (Å²) in [5.41, 5.74) is -0.208. The van der Waals surface area contributed by atoms with Crippen LogP contribution in [-0.4, -0.2) is 20.7 Å². The summed E-state index contributed by atoms with van der Waals surface area (Å²) in [5, 5.41) is 12.0. The third-order valence-corrected chi connectivity index (χ3v) is 3.37. The molecule has 2 aromatic heterocycles. The quantitative estimate of drug-likeness (QED) is 0.906. The summed E-state index contributed by atoms with van der Waals surface area (Å²) in [6, 6.07) is 4.76. The Morgan fingerprint density at radius 2 is 2.20 bits per heavy atom. The van der Waals surface area contributed by atoms with Crippen LogP contribution >= 0.6 is 11.3 Å². The number of aromatic nitrogens is 3. The Bertz CT molecular complexity index is 648. The lowest BCUT2D eigenvalue weighted by Crippen LogP contribution is -2.26. The lowest BCUT2D eigenvalue weighted by atomic mass is 10.1. The summed E-state index contributed by atoms with van der Waals surface area (Å²) in [7, 11) is 0. The molecule has 0 saturated carbocycles. The van der Waals surface area contributed by atoms with E-state index in [1.807, 2.05) is 0 Å². The number of amides is 1. The Kier molecular flexibility index (Phi) is 4.62. The molecular weight excluding hydrogens is 276 g/mol. The third-order valence-electron chi connectivity index (χ3n) is 2.51. The van der Waals surface area contributed by atoms with Crippen LogP contribution in [0.2, 0.25) is 0 Å². The van der Waals surface area contributed by atoms with Crippen molar-refractivity contribution >= 4 is 22.4 Å². The van der Waals surface area contributed by atoms with Gasteiger partial charge < -0.3 is 4.57 Å². The van der Waals surface area contributed by atoms with Crippen molar-refractivity contribution in [3.8, 4) is 0 Å². The van der Waals surface area contributed by atoms with E-state index >= 15 is 0 Å². The first-order valence-electron chi connectivity index (χ1n) is 6.32. The molecule has 0 fully saturated rings. The molecular formula is C13H16N4O2S. The van der Waals surface area contributed by atoms with Crippen molar-refractivity contribution in [2.45, 2.75) is 26.8 Å². The van der Waals surface area contributed by atoms with Crippen molar-refractivity contribution < 1.29 is 4.79 Å². The molecule has 0 aliphatic rings. The van der Waals surface area contributed by atoms with Gasteiger partial charge in [-0.1, -0.05) is 31.3 Å². The second kappa shape index (κ2) is 6.42. The molecule has 106 valence electrons. The monoisotopic (exact) mass is 292 g/mol. The zero-order valence-electron chi connectivity index (χ0n) is 11.4. The highest BCUT2D eigenvalue weighted by Gasteiger charge is 2.10.